The average Bonchev–Trinajstić information content (AvgIpc) is 2.36. The Morgan fingerprint density at radius 3 is 2.48 bits per heavy atom. The van der Waals surface area contributed by atoms with Crippen LogP contribution in [0.15, 0.2) is 23.1 Å². The first-order valence-electron chi connectivity index (χ1n) is 6.80. The Labute approximate surface area is 123 Å². The minimum absolute atomic E-state index is 0.0128. The molecule has 0 spiro atoms. The van der Waals surface area contributed by atoms with Crippen molar-refractivity contribution < 1.29 is 14.7 Å². The number of nitrogens with zero attached hydrogens (tertiary/aromatic N) is 1. The zero-order valence-corrected chi connectivity index (χ0v) is 12.8. The summed E-state index contributed by atoms with van der Waals surface area (Å²) in [6, 6.07) is 1.72. The number of aromatic nitrogens is 1. The zero-order valence-electron chi connectivity index (χ0n) is 12.8. The normalized spacial score (nSPS) is 12.8. The highest BCUT2D eigenvalue weighted by molar-refractivity contribution is 5.96. The second-order valence-electron chi connectivity index (χ2n) is 6.33. The van der Waals surface area contributed by atoms with Gasteiger partial charge in [-0.15, -0.1) is 0 Å². The predicted molar refractivity (Wildman–Crippen MR) is 79.3 cm³/mol. The maximum absolute atomic E-state index is 12.0. The van der Waals surface area contributed by atoms with E-state index in [4.69, 9.17) is 0 Å². The Morgan fingerprint density at radius 1 is 1.38 bits per heavy atom. The topological polar surface area (TPSA) is 88.4 Å². The molecule has 1 heterocycles. The number of nitrogens with one attached hydrogen (secondary N) is 1. The minimum Gasteiger partial charge on any atom is -0.480 e. The maximum atomic E-state index is 12.0. The summed E-state index contributed by atoms with van der Waals surface area (Å²) in [5, 5.41) is 11.6. The van der Waals surface area contributed by atoms with E-state index in [9.17, 15) is 19.5 Å². The second-order valence-corrected chi connectivity index (χ2v) is 6.33. The van der Waals surface area contributed by atoms with Crippen molar-refractivity contribution in [2.45, 2.75) is 39.7 Å². The molecule has 21 heavy (non-hydrogen) atoms. The fourth-order valence-electron chi connectivity index (χ4n) is 1.77. The quantitative estimate of drug-likeness (QED) is 0.859. The SMILES string of the molecule is Cn1ccc(C(=O)NC(CCC(C)(C)C)C(=O)O)cc1=O. The third kappa shape index (κ3) is 5.41. The van der Waals surface area contributed by atoms with Crippen molar-refractivity contribution in [1.82, 2.24) is 9.88 Å². The monoisotopic (exact) mass is 294 g/mol. The highest BCUT2D eigenvalue weighted by Crippen LogP contribution is 2.21. The van der Waals surface area contributed by atoms with Crippen LogP contribution in [0.1, 0.15) is 44.0 Å². The largest absolute Gasteiger partial charge is 0.480 e. The van der Waals surface area contributed by atoms with Crippen LogP contribution in [0, 0.1) is 5.41 Å². The number of aryl methyl sites for hydroxylation is 1. The number of rotatable bonds is 5. The van der Waals surface area contributed by atoms with Gasteiger partial charge in [0.25, 0.3) is 11.5 Å². The van der Waals surface area contributed by atoms with Crippen molar-refractivity contribution in [3.8, 4) is 0 Å². The Morgan fingerprint density at radius 2 is 2.00 bits per heavy atom. The smallest absolute Gasteiger partial charge is 0.326 e. The third-order valence-corrected chi connectivity index (χ3v) is 3.15. The number of carbonyl (C=O) groups excluding carboxylic acids is 1. The Balaban J connectivity index is 2.79. The molecule has 0 radical (unpaired) electrons. The zero-order chi connectivity index (χ0) is 16.2. The molecule has 1 aromatic rings. The molecule has 2 N–H and O–H groups in total. The van der Waals surface area contributed by atoms with E-state index >= 15 is 0 Å². The number of aliphatic carboxylic acids is 1. The number of carbonyl (C=O) groups is 2. The van der Waals surface area contributed by atoms with Crippen molar-refractivity contribution in [2.24, 2.45) is 12.5 Å². The highest BCUT2D eigenvalue weighted by Gasteiger charge is 2.23. The summed E-state index contributed by atoms with van der Waals surface area (Å²) < 4.78 is 1.34. The van der Waals surface area contributed by atoms with Crippen LogP contribution in [0.25, 0.3) is 0 Å². The van der Waals surface area contributed by atoms with Crippen LogP contribution in [0.2, 0.25) is 0 Å². The molecule has 1 amide bonds. The average molecular weight is 294 g/mol. The lowest BCUT2D eigenvalue weighted by atomic mass is 9.88. The van der Waals surface area contributed by atoms with Crippen LogP contribution in [-0.4, -0.2) is 27.6 Å². The summed E-state index contributed by atoms with van der Waals surface area (Å²) in [6.45, 7) is 6.03. The molecule has 1 unspecified atom stereocenters. The van der Waals surface area contributed by atoms with Gasteiger partial charge in [0.05, 0.1) is 0 Å². The standard InChI is InChI=1S/C15H22N2O4/c1-15(2,3)7-5-11(14(20)21)16-13(19)10-6-8-17(4)12(18)9-10/h6,8-9,11H,5,7H2,1-4H3,(H,16,19)(H,20,21). The maximum Gasteiger partial charge on any atom is 0.326 e. The summed E-state index contributed by atoms with van der Waals surface area (Å²) in [5.74, 6) is -1.62. The van der Waals surface area contributed by atoms with Gasteiger partial charge in [0.1, 0.15) is 6.04 Å². The molecule has 0 aliphatic heterocycles. The van der Waals surface area contributed by atoms with E-state index in [-0.39, 0.29) is 16.5 Å². The summed E-state index contributed by atoms with van der Waals surface area (Å²) in [6.07, 6.45) is 2.48. The van der Waals surface area contributed by atoms with Crippen LogP contribution >= 0.6 is 0 Å². The van der Waals surface area contributed by atoms with Crippen molar-refractivity contribution in [2.75, 3.05) is 0 Å². The lowest BCUT2D eigenvalue weighted by molar-refractivity contribution is -0.139. The van der Waals surface area contributed by atoms with Crippen molar-refractivity contribution in [3.05, 3.63) is 34.2 Å². The molecule has 0 saturated carbocycles. The van der Waals surface area contributed by atoms with Crippen LogP contribution in [0.5, 0.6) is 0 Å². The van der Waals surface area contributed by atoms with E-state index in [2.05, 4.69) is 5.32 Å². The van der Waals surface area contributed by atoms with Gasteiger partial charge in [-0.3, -0.25) is 9.59 Å². The van der Waals surface area contributed by atoms with Gasteiger partial charge in [0.15, 0.2) is 0 Å². The first-order chi connectivity index (χ1) is 9.60. The van der Waals surface area contributed by atoms with Gasteiger partial charge in [-0.25, -0.2) is 4.79 Å². The molecule has 1 rings (SSSR count). The van der Waals surface area contributed by atoms with E-state index in [1.165, 1.54) is 22.9 Å². The number of carboxylic acids is 1. The first kappa shape index (κ1) is 16.9. The van der Waals surface area contributed by atoms with Crippen LogP contribution in [0.3, 0.4) is 0 Å². The summed E-state index contributed by atoms with van der Waals surface area (Å²) in [5.41, 5.74) is -0.162. The summed E-state index contributed by atoms with van der Waals surface area (Å²) in [4.78, 5) is 34.7. The Hall–Kier alpha value is -2.11. The molecular weight excluding hydrogens is 272 g/mol. The molecule has 0 aliphatic carbocycles. The fraction of sp³-hybridized carbons (Fsp3) is 0.533. The molecular formula is C15H22N2O4. The number of pyridine rings is 1. The van der Waals surface area contributed by atoms with E-state index in [1.807, 2.05) is 20.8 Å². The van der Waals surface area contributed by atoms with Crippen LogP contribution < -0.4 is 10.9 Å². The predicted octanol–water partition coefficient (Wildman–Crippen LogP) is 1.39. The molecule has 6 heteroatoms. The van der Waals surface area contributed by atoms with Gasteiger partial charge in [-0.1, -0.05) is 20.8 Å². The first-order valence-corrected chi connectivity index (χ1v) is 6.80. The van der Waals surface area contributed by atoms with Gasteiger partial charge in [0, 0.05) is 24.9 Å². The van der Waals surface area contributed by atoms with Gasteiger partial charge >= 0.3 is 5.97 Å². The van der Waals surface area contributed by atoms with Gasteiger partial charge in [-0.2, -0.15) is 0 Å². The van der Waals surface area contributed by atoms with E-state index in [1.54, 1.807) is 7.05 Å². The number of hydrogen-bond acceptors (Lipinski definition) is 3. The number of carboxylic acid groups (broad SMARTS) is 1. The lowest BCUT2D eigenvalue weighted by Gasteiger charge is -2.21. The minimum atomic E-state index is -1.07. The van der Waals surface area contributed by atoms with Crippen molar-refractivity contribution >= 4 is 11.9 Å². The number of hydrogen-bond donors (Lipinski definition) is 2. The van der Waals surface area contributed by atoms with Gasteiger partial charge < -0.3 is 15.0 Å². The molecule has 0 saturated heterocycles. The van der Waals surface area contributed by atoms with Crippen molar-refractivity contribution in [3.63, 3.8) is 0 Å². The Kier molecular flexibility index (Phi) is 5.29. The lowest BCUT2D eigenvalue weighted by Crippen LogP contribution is -2.41. The molecule has 1 atom stereocenters. The Bertz CT molecular complexity index is 584. The molecule has 0 aromatic carbocycles. The number of amides is 1. The highest BCUT2D eigenvalue weighted by atomic mass is 16.4. The third-order valence-electron chi connectivity index (χ3n) is 3.15. The van der Waals surface area contributed by atoms with Crippen LogP contribution in [-0.2, 0) is 11.8 Å². The van der Waals surface area contributed by atoms with Gasteiger partial charge in [-0.05, 0) is 24.3 Å². The molecule has 0 aliphatic rings. The van der Waals surface area contributed by atoms with Crippen molar-refractivity contribution in [1.29, 1.82) is 0 Å². The van der Waals surface area contributed by atoms with Crippen LogP contribution in [0.4, 0.5) is 0 Å². The molecule has 1 aromatic heterocycles. The van der Waals surface area contributed by atoms with E-state index in [0.29, 0.717) is 12.8 Å². The van der Waals surface area contributed by atoms with E-state index < -0.39 is 17.9 Å². The molecule has 0 bridgehead atoms. The molecule has 116 valence electrons. The molecule has 6 nitrogen and oxygen atoms in total. The second kappa shape index (κ2) is 6.56. The fourth-order valence-corrected chi connectivity index (χ4v) is 1.77. The summed E-state index contributed by atoms with van der Waals surface area (Å²) in [7, 11) is 1.58. The summed E-state index contributed by atoms with van der Waals surface area (Å²) >= 11 is 0. The van der Waals surface area contributed by atoms with E-state index in [0.717, 1.165) is 0 Å². The van der Waals surface area contributed by atoms with Gasteiger partial charge in [0.2, 0.25) is 0 Å². The molecule has 0 fully saturated rings.